The summed E-state index contributed by atoms with van der Waals surface area (Å²) in [5.41, 5.74) is 2.25. The zero-order valence-corrected chi connectivity index (χ0v) is 22.4. The van der Waals surface area contributed by atoms with Crippen molar-refractivity contribution in [1.82, 2.24) is 0 Å². The average molecular weight is 441 g/mol. The Morgan fingerprint density at radius 2 is 1.69 bits per heavy atom. The fraction of sp³-hybridized carbons (Fsp3) is 0.903. The maximum Gasteiger partial charge on any atom is 0.143 e. The fourth-order valence-electron chi connectivity index (χ4n) is 9.97. The second-order valence-electron chi connectivity index (χ2n) is 13.4. The molecule has 4 aliphatic carbocycles. The molecule has 0 amide bonds. The van der Waals surface area contributed by atoms with Gasteiger partial charge in [-0.05, 0) is 97.7 Å². The molecule has 0 saturated heterocycles. The van der Waals surface area contributed by atoms with Crippen LogP contribution in [0, 0.1) is 51.8 Å². The van der Waals surface area contributed by atoms with Gasteiger partial charge in [-0.25, -0.2) is 0 Å². The zero-order valence-electron chi connectivity index (χ0n) is 22.4. The van der Waals surface area contributed by atoms with Crippen LogP contribution < -0.4 is 0 Å². The highest BCUT2D eigenvalue weighted by Crippen LogP contribution is 2.69. The van der Waals surface area contributed by atoms with Crippen molar-refractivity contribution in [3.8, 4) is 0 Å². The van der Waals surface area contributed by atoms with Crippen LogP contribution in [-0.2, 0) is 4.79 Å². The molecule has 0 spiro atoms. The summed E-state index contributed by atoms with van der Waals surface area (Å²) in [6.45, 7) is 17.1. The van der Waals surface area contributed by atoms with E-state index in [4.69, 9.17) is 0 Å². The second-order valence-corrected chi connectivity index (χ2v) is 13.4. The Balaban J connectivity index is 1.57. The summed E-state index contributed by atoms with van der Waals surface area (Å²) in [4.78, 5) is 13.2. The normalized spacial score (nSPS) is 41.6. The van der Waals surface area contributed by atoms with E-state index in [-0.39, 0.29) is 10.8 Å². The van der Waals surface area contributed by atoms with Crippen LogP contribution in [0.5, 0.6) is 0 Å². The molecule has 182 valence electrons. The minimum absolute atomic E-state index is 0.151. The van der Waals surface area contributed by atoms with Gasteiger partial charge in [-0.15, -0.1) is 0 Å². The molecule has 3 saturated carbocycles. The van der Waals surface area contributed by atoms with Crippen molar-refractivity contribution in [2.24, 2.45) is 51.8 Å². The van der Waals surface area contributed by atoms with E-state index in [9.17, 15) is 4.79 Å². The van der Waals surface area contributed by atoms with Crippen LogP contribution in [-0.4, -0.2) is 5.78 Å². The van der Waals surface area contributed by atoms with Crippen LogP contribution in [0.3, 0.4) is 0 Å². The van der Waals surface area contributed by atoms with E-state index in [2.05, 4.69) is 54.5 Å². The second kappa shape index (κ2) is 8.88. The van der Waals surface area contributed by atoms with Gasteiger partial charge in [0.25, 0.3) is 0 Å². The molecule has 1 heteroatoms. The molecule has 7 atom stereocenters. The molecule has 0 heterocycles. The van der Waals surface area contributed by atoms with Crippen molar-refractivity contribution in [3.05, 3.63) is 11.6 Å². The number of fused-ring (bicyclic) bond motifs is 5. The van der Waals surface area contributed by atoms with Crippen molar-refractivity contribution in [1.29, 1.82) is 0 Å². The van der Waals surface area contributed by atoms with Crippen LogP contribution in [0.25, 0.3) is 0 Å². The summed E-state index contributed by atoms with van der Waals surface area (Å²) >= 11 is 0. The monoisotopic (exact) mass is 440 g/mol. The van der Waals surface area contributed by atoms with Gasteiger partial charge in [0.05, 0.1) is 0 Å². The largest absolute Gasteiger partial charge is 0.299 e. The lowest BCUT2D eigenvalue weighted by Gasteiger charge is -2.61. The van der Waals surface area contributed by atoms with Crippen molar-refractivity contribution in [3.63, 3.8) is 0 Å². The molecular weight excluding hydrogens is 388 g/mol. The first-order valence-corrected chi connectivity index (χ1v) is 14.4. The molecule has 1 nitrogen and oxygen atoms in total. The summed E-state index contributed by atoms with van der Waals surface area (Å²) in [5, 5.41) is 0. The van der Waals surface area contributed by atoms with Gasteiger partial charge in [0.15, 0.2) is 0 Å². The van der Waals surface area contributed by atoms with Crippen molar-refractivity contribution < 1.29 is 4.79 Å². The smallest absolute Gasteiger partial charge is 0.143 e. The lowest BCUT2D eigenvalue weighted by atomic mass is 9.43. The molecule has 3 fully saturated rings. The van der Waals surface area contributed by atoms with Gasteiger partial charge in [-0.3, -0.25) is 4.79 Å². The molecule has 0 bridgehead atoms. The number of ketones is 1. The maximum absolute atomic E-state index is 13.2. The molecule has 32 heavy (non-hydrogen) atoms. The molecule has 0 N–H and O–H groups in total. The van der Waals surface area contributed by atoms with Crippen LogP contribution in [0.2, 0.25) is 0 Å². The van der Waals surface area contributed by atoms with E-state index >= 15 is 0 Å². The number of hydrogen-bond donors (Lipinski definition) is 0. The van der Waals surface area contributed by atoms with E-state index in [0.717, 1.165) is 61.2 Å². The van der Waals surface area contributed by atoms with Gasteiger partial charge in [0, 0.05) is 11.8 Å². The van der Waals surface area contributed by atoms with E-state index in [1.807, 2.05) is 0 Å². The van der Waals surface area contributed by atoms with Gasteiger partial charge < -0.3 is 0 Å². The number of Topliss-reactive ketones (excluding diaryl/α,β-unsaturated/α-hetero) is 1. The van der Waals surface area contributed by atoms with E-state index in [1.54, 1.807) is 5.57 Å². The Bertz CT molecular complexity index is 727. The van der Waals surface area contributed by atoms with Crippen molar-refractivity contribution >= 4 is 5.78 Å². The summed E-state index contributed by atoms with van der Waals surface area (Å²) in [5.74, 6) is 5.76. The fourth-order valence-corrected chi connectivity index (χ4v) is 9.97. The molecule has 0 aromatic carbocycles. The van der Waals surface area contributed by atoms with Gasteiger partial charge in [-0.1, -0.05) is 79.4 Å². The standard InChI is InChI=1S/C31H52O/c1-8-31(9-2)27-16-13-23-25-15-14-24(22(5)12-10-11-21(3)4)29(25,6)19-17-26(23)30(27,7)20-18-28(31)32/h16,21-26H,8-15,17-20H2,1-7H3. The zero-order chi connectivity index (χ0) is 23.3. The number of allylic oxidation sites excluding steroid dienone is 2. The van der Waals surface area contributed by atoms with Crippen molar-refractivity contribution in [2.45, 2.75) is 126 Å². The third-order valence-electron chi connectivity index (χ3n) is 11.8. The minimum atomic E-state index is -0.151. The Morgan fingerprint density at radius 1 is 0.969 bits per heavy atom. The maximum atomic E-state index is 13.2. The highest BCUT2D eigenvalue weighted by Gasteiger charge is 2.62. The Kier molecular flexibility index (Phi) is 6.81. The first kappa shape index (κ1) is 24.5. The molecule has 4 rings (SSSR count). The molecule has 7 unspecified atom stereocenters. The van der Waals surface area contributed by atoms with E-state index < -0.39 is 0 Å². The molecule has 0 aromatic rings. The lowest BCUT2D eigenvalue weighted by Crippen LogP contribution is -2.54. The van der Waals surface area contributed by atoms with Gasteiger partial charge in [-0.2, -0.15) is 0 Å². The summed E-state index contributed by atoms with van der Waals surface area (Å²) in [6.07, 6.45) is 17.8. The number of carbonyl (C=O) groups is 1. The highest BCUT2D eigenvalue weighted by atomic mass is 16.1. The summed E-state index contributed by atoms with van der Waals surface area (Å²) in [7, 11) is 0. The summed E-state index contributed by atoms with van der Waals surface area (Å²) < 4.78 is 0. The van der Waals surface area contributed by atoms with Crippen LogP contribution in [0.15, 0.2) is 11.6 Å². The SMILES string of the molecule is CCC1(CC)C(=O)CCC2(C)C1=CCC1C2CCC2(C)C(C(C)CCCC(C)C)CCC12. The average Bonchev–Trinajstić information content (AvgIpc) is 3.11. The third-order valence-corrected chi connectivity index (χ3v) is 11.8. The lowest BCUT2D eigenvalue weighted by molar-refractivity contribution is -0.134. The topological polar surface area (TPSA) is 17.1 Å². The molecular formula is C31H52O. The molecule has 4 aliphatic rings. The number of hydrogen-bond acceptors (Lipinski definition) is 1. The Morgan fingerprint density at radius 3 is 2.34 bits per heavy atom. The molecule has 0 radical (unpaired) electrons. The van der Waals surface area contributed by atoms with Gasteiger partial charge in [0.2, 0.25) is 0 Å². The number of rotatable bonds is 7. The summed E-state index contributed by atoms with van der Waals surface area (Å²) in [6, 6.07) is 0. The van der Waals surface area contributed by atoms with E-state index in [0.29, 0.717) is 11.2 Å². The number of carbonyl (C=O) groups excluding carboxylic acids is 1. The van der Waals surface area contributed by atoms with Gasteiger partial charge in [0.1, 0.15) is 5.78 Å². The van der Waals surface area contributed by atoms with Crippen LogP contribution in [0.4, 0.5) is 0 Å². The molecule has 0 aliphatic heterocycles. The van der Waals surface area contributed by atoms with Crippen LogP contribution in [0.1, 0.15) is 126 Å². The quantitative estimate of drug-likeness (QED) is 0.361. The highest BCUT2D eigenvalue weighted by molar-refractivity contribution is 5.89. The predicted octanol–water partition coefficient (Wildman–Crippen LogP) is 9.01. The third kappa shape index (κ3) is 3.58. The minimum Gasteiger partial charge on any atom is -0.299 e. The van der Waals surface area contributed by atoms with Gasteiger partial charge >= 0.3 is 0 Å². The Labute approximate surface area is 199 Å². The van der Waals surface area contributed by atoms with Crippen LogP contribution >= 0.6 is 0 Å². The predicted molar refractivity (Wildman–Crippen MR) is 136 cm³/mol. The first-order valence-electron chi connectivity index (χ1n) is 14.4. The Hall–Kier alpha value is -0.590. The van der Waals surface area contributed by atoms with E-state index in [1.165, 1.54) is 51.4 Å². The first-order chi connectivity index (χ1) is 15.1. The van der Waals surface area contributed by atoms with Crippen molar-refractivity contribution in [2.75, 3.05) is 0 Å². The molecule has 0 aromatic heterocycles.